The molecule has 0 N–H and O–H groups in total. The fourth-order valence-corrected chi connectivity index (χ4v) is 3.39. The number of benzene rings is 1. The lowest BCUT2D eigenvalue weighted by Crippen LogP contribution is -2.21. The number of aromatic nitrogens is 7. The van der Waals surface area contributed by atoms with E-state index in [2.05, 4.69) is 20.2 Å². The Balaban J connectivity index is 1.45. The standard InChI is InChI=1S/C22H19N7O2/c1-27-11-15(9-25-27)12-29-14-24-20-4-3-17(7-19(20)22(29)30)31-18-5-6-23-21(8-18)16-10-26-28(2)13-16/h3-11,13-14H,12H2,1-2H3. The Bertz CT molecular complexity index is 1450. The summed E-state index contributed by atoms with van der Waals surface area (Å²) < 4.78 is 11.0. The van der Waals surface area contributed by atoms with E-state index in [-0.39, 0.29) is 5.56 Å². The maximum Gasteiger partial charge on any atom is 0.261 e. The molecule has 0 spiro atoms. The van der Waals surface area contributed by atoms with Crippen molar-refractivity contribution in [3.8, 4) is 22.8 Å². The molecule has 5 aromatic rings. The van der Waals surface area contributed by atoms with Crippen LogP contribution in [0, 0.1) is 0 Å². The number of fused-ring (bicyclic) bond motifs is 1. The van der Waals surface area contributed by atoms with E-state index in [4.69, 9.17) is 4.74 Å². The number of ether oxygens (including phenoxy) is 1. The number of aryl methyl sites for hydroxylation is 2. The summed E-state index contributed by atoms with van der Waals surface area (Å²) >= 11 is 0. The lowest BCUT2D eigenvalue weighted by molar-refractivity contribution is 0.483. The minimum Gasteiger partial charge on any atom is -0.457 e. The average Bonchev–Trinajstić information content (AvgIpc) is 3.39. The van der Waals surface area contributed by atoms with Crippen LogP contribution in [-0.4, -0.2) is 34.1 Å². The van der Waals surface area contributed by atoms with E-state index in [1.807, 2.05) is 32.6 Å². The van der Waals surface area contributed by atoms with Crippen LogP contribution in [-0.2, 0) is 20.6 Å². The average molecular weight is 413 g/mol. The molecule has 0 aliphatic rings. The van der Waals surface area contributed by atoms with Gasteiger partial charge in [-0.15, -0.1) is 0 Å². The molecule has 0 aliphatic heterocycles. The Kier molecular flexibility index (Phi) is 4.55. The van der Waals surface area contributed by atoms with E-state index in [0.717, 1.165) is 16.8 Å². The molecular formula is C22H19N7O2. The Labute approximate surface area is 177 Å². The van der Waals surface area contributed by atoms with E-state index in [0.29, 0.717) is 28.9 Å². The van der Waals surface area contributed by atoms with Gasteiger partial charge in [0.15, 0.2) is 0 Å². The third-order valence-electron chi connectivity index (χ3n) is 4.87. The monoisotopic (exact) mass is 413 g/mol. The van der Waals surface area contributed by atoms with Crippen LogP contribution in [0.1, 0.15) is 5.56 Å². The Morgan fingerprint density at radius 1 is 0.935 bits per heavy atom. The number of pyridine rings is 1. The lowest BCUT2D eigenvalue weighted by Gasteiger charge is -2.09. The minimum atomic E-state index is -0.134. The summed E-state index contributed by atoms with van der Waals surface area (Å²) in [6.45, 7) is 0.402. The van der Waals surface area contributed by atoms with Gasteiger partial charge in [0.05, 0.1) is 41.9 Å². The lowest BCUT2D eigenvalue weighted by atomic mass is 10.2. The highest BCUT2D eigenvalue weighted by molar-refractivity contribution is 5.79. The highest BCUT2D eigenvalue weighted by Crippen LogP contribution is 2.26. The highest BCUT2D eigenvalue weighted by atomic mass is 16.5. The molecule has 0 saturated carbocycles. The second-order valence-electron chi connectivity index (χ2n) is 7.26. The molecule has 4 aromatic heterocycles. The fraction of sp³-hybridized carbons (Fsp3) is 0.136. The first-order valence-corrected chi connectivity index (χ1v) is 9.65. The van der Waals surface area contributed by atoms with Gasteiger partial charge in [0.25, 0.3) is 5.56 Å². The summed E-state index contributed by atoms with van der Waals surface area (Å²) in [6, 6.07) is 8.90. The molecule has 31 heavy (non-hydrogen) atoms. The van der Waals surface area contributed by atoms with Crippen molar-refractivity contribution in [3.05, 3.63) is 83.6 Å². The first-order valence-electron chi connectivity index (χ1n) is 9.65. The molecule has 9 heteroatoms. The van der Waals surface area contributed by atoms with Crippen LogP contribution in [0.4, 0.5) is 0 Å². The summed E-state index contributed by atoms with van der Waals surface area (Å²) in [5.41, 5.74) is 3.06. The van der Waals surface area contributed by atoms with Gasteiger partial charge in [-0.05, 0) is 24.3 Å². The van der Waals surface area contributed by atoms with Crippen LogP contribution in [0.3, 0.4) is 0 Å². The van der Waals surface area contributed by atoms with Crippen molar-refractivity contribution in [2.75, 3.05) is 0 Å². The summed E-state index contributed by atoms with van der Waals surface area (Å²) in [7, 11) is 3.70. The Morgan fingerprint density at radius 2 is 1.74 bits per heavy atom. The van der Waals surface area contributed by atoms with Crippen LogP contribution in [0.25, 0.3) is 22.2 Å². The van der Waals surface area contributed by atoms with E-state index >= 15 is 0 Å². The Morgan fingerprint density at radius 3 is 2.52 bits per heavy atom. The van der Waals surface area contributed by atoms with E-state index in [9.17, 15) is 4.79 Å². The molecular weight excluding hydrogens is 394 g/mol. The van der Waals surface area contributed by atoms with Crippen molar-refractivity contribution in [1.29, 1.82) is 0 Å². The van der Waals surface area contributed by atoms with Crippen LogP contribution in [0.2, 0.25) is 0 Å². The summed E-state index contributed by atoms with van der Waals surface area (Å²) in [5.74, 6) is 1.17. The largest absolute Gasteiger partial charge is 0.457 e. The van der Waals surface area contributed by atoms with Crippen LogP contribution < -0.4 is 10.3 Å². The minimum absolute atomic E-state index is 0.134. The number of rotatable bonds is 5. The van der Waals surface area contributed by atoms with Gasteiger partial charge in [-0.2, -0.15) is 10.2 Å². The van der Waals surface area contributed by atoms with E-state index in [1.165, 1.54) is 0 Å². The molecule has 0 amide bonds. The van der Waals surface area contributed by atoms with Crippen molar-refractivity contribution in [2.45, 2.75) is 6.54 Å². The molecule has 0 aliphatic carbocycles. The molecule has 0 bridgehead atoms. The van der Waals surface area contributed by atoms with Crippen molar-refractivity contribution in [1.82, 2.24) is 34.1 Å². The van der Waals surface area contributed by atoms with Gasteiger partial charge < -0.3 is 4.74 Å². The van der Waals surface area contributed by atoms with Gasteiger partial charge in [0.2, 0.25) is 0 Å². The van der Waals surface area contributed by atoms with Crippen molar-refractivity contribution < 1.29 is 4.74 Å². The van der Waals surface area contributed by atoms with E-state index < -0.39 is 0 Å². The summed E-state index contributed by atoms with van der Waals surface area (Å²) in [5, 5.41) is 8.81. The molecule has 9 nitrogen and oxygen atoms in total. The molecule has 5 rings (SSSR count). The van der Waals surface area contributed by atoms with E-state index in [1.54, 1.807) is 63.1 Å². The normalized spacial score (nSPS) is 11.2. The second kappa shape index (κ2) is 7.52. The molecule has 1 aromatic carbocycles. The SMILES string of the molecule is Cn1cc(Cn2cnc3ccc(Oc4ccnc(-c5cnn(C)c5)c4)cc3c2=O)cn1. The summed E-state index contributed by atoms with van der Waals surface area (Å²) in [6.07, 6.45) is 10.5. The predicted octanol–water partition coefficient (Wildman–Crippen LogP) is 2.77. The van der Waals surface area contributed by atoms with Crippen molar-refractivity contribution in [2.24, 2.45) is 14.1 Å². The molecule has 0 radical (unpaired) electrons. The molecule has 0 unspecified atom stereocenters. The first kappa shape index (κ1) is 18.7. The second-order valence-corrected chi connectivity index (χ2v) is 7.26. The van der Waals surface area contributed by atoms with Crippen LogP contribution in [0.15, 0.2) is 72.4 Å². The van der Waals surface area contributed by atoms with Gasteiger partial charge >= 0.3 is 0 Å². The Hall–Kier alpha value is -4.27. The third kappa shape index (κ3) is 3.80. The van der Waals surface area contributed by atoms with Gasteiger partial charge in [-0.3, -0.25) is 23.7 Å². The van der Waals surface area contributed by atoms with Gasteiger partial charge in [0, 0.05) is 49.9 Å². The third-order valence-corrected chi connectivity index (χ3v) is 4.87. The first-order chi connectivity index (χ1) is 15.0. The topological polar surface area (TPSA) is 92.7 Å². The van der Waals surface area contributed by atoms with Gasteiger partial charge in [-0.25, -0.2) is 4.98 Å². The summed E-state index contributed by atoms with van der Waals surface area (Å²) in [4.78, 5) is 21.8. The van der Waals surface area contributed by atoms with Crippen LogP contribution in [0.5, 0.6) is 11.5 Å². The van der Waals surface area contributed by atoms with Crippen molar-refractivity contribution >= 4 is 10.9 Å². The maximum absolute atomic E-state index is 13.0. The zero-order valence-electron chi connectivity index (χ0n) is 17.0. The number of hydrogen-bond donors (Lipinski definition) is 0. The molecule has 0 saturated heterocycles. The molecule has 0 fully saturated rings. The maximum atomic E-state index is 13.0. The highest BCUT2D eigenvalue weighted by Gasteiger charge is 2.09. The van der Waals surface area contributed by atoms with Gasteiger partial charge in [-0.1, -0.05) is 0 Å². The molecule has 0 atom stereocenters. The fourth-order valence-electron chi connectivity index (χ4n) is 3.39. The van der Waals surface area contributed by atoms with Crippen LogP contribution >= 0.6 is 0 Å². The molecule has 154 valence electrons. The zero-order chi connectivity index (χ0) is 21.4. The van der Waals surface area contributed by atoms with Gasteiger partial charge in [0.1, 0.15) is 11.5 Å². The zero-order valence-corrected chi connectivity index (χ0v) is 17.0. The predicted molar refractivity (Wildman–Crippen MR) is 115 cm³/mol. The number of hydrogen-bond acceptors (Lipinski definition) is 6. The quantitative estimate of drug-likeness (QED) is 0.440. The van der Waals surface area contributed by atoms with Crippen molar-refractivity contribution in [3.63, 3.8) is 0 Å². The molecule has 4 heterocycles. The smallest absolute Gasteiger partial charge is 0.261 e. The number of nitrogens with zero attached hydrogens (tertiary/aromatic N) is 7.